The van der Waals surface area contributed by atoms with Crippen molar-refractivity contribution in [3.63, 3.8) is 0 Å². The van der Waals surface area contributed by atoms with Crippen LogP contribution >= 0.6 is 11.3 Å². The predicted molar refractivity (Wildman–Crippen MR) is 64.4 cm³/mol. The Hall–Kier alpha value is -1.68. The van der Waals surface area contributed by atoms with Crippen molar-refractivity contribution in [3.8, 4) is 0 Å². The van der Waals surface area contributed by atoms with Crippen LogP contribution in [0.5, 0.6) is 0 Å². The van der Waals surface area contributed by atoms with E-state index in [1.807, 2.05) is 36.6 Å². The third kappa shape index (κ3) is 2.46. The van der Waals surface area contributed by atoms with Crippen molar-refractivity contribution in [1.29, 1.82) is 0 Å². The van der Waals surface area contributed by atoms with E-state index in [2.05, 4.69) is 10.3 Å². The molecule has 0 aliphatic rings. The Bertz CT molecular complexity index is 453. The van der Waals surface area contributed by atoms with Gasteiger partial charge in [-0.3, -0.25) is 9.78 Å². The van der Waals surface area contributed by atoms with Gasteiger partial charge < -0.3 is 5.32 Å². The summed E-state index contributed by atoms with van der Waals surface area (Å²) in [6.07, 6.45) is 3.45. The van der Waals surface area contributed by atoms with Crippen molar-refractivity contribution in [3.05, 3.63) is 52.5 Å². The van der Waals surface area contributed by atoms with Crippen LogP contribution in [0.4, 0.5) is 0 Å². The van der Waals surface area contributed by atoms with Crippen molar-refractivity contribution < 1.29 is 4.79 Å². The van der Waals surface area contributed by atoms with Gasteiger partial charge in [-0.2, -0.15) is 0 Å². The number of amides is 1. The molecule has 0 aromatic carbocycles. The van der Waals surface area contributed by atoms with Gasteiger partial charge in [0.1, 0.15) is 0 Å². The quantitative estimate of drug-likeness (QED) is 0.884. The zero-order valence-electron chi connectivity index (χ0n) is 8.88. The highest BCUT2D eigenvalue weighted by molar-refractivity contribution is 7.12. The zero-order chi connectivity index (χ0) is 11.4. The monoisotopic (exact) mass is 232 g/mol. The van der Waals surface area contributed by atoms with Gasteiger partial charge in [-0.1, -0.05) is 6.07 Å². The topological polar surface area (TPSA) is 42.0 Å². The molecule has 1 amide bonds. The first-order valence-corrected chi connectivity index (χ1v) is 5.89. The zero-order valence-corrected chi connectivity index (χ0v) is 9.70. The molecule has 0 radical (unpaired) electrons. The van der Waals surface area contributed by atoms with Crippen LogP contribution in [0.25, 0.3) is 0 Å². The van der Waals surface area contributed by atoms with Gasteiger partial charge in [0, 0.05) is 12.4 Å². The van der Waals surface area contributed by atoms with E-state index in [9.17, 15) is 4.79 Å². The summed E-state index contributed by atoms with van der Waals surface area (Å²) >= 11 is 1.44. The lowest BCUT2D eigenvalue weighted by Crippen LogP contribution is -2.25. The summed E-state index contributed by atoms with van der Waals surface area (Å²) in [5.41, 5.74) is 1.06. The summed E-state index contributed by atoms with van der Waals surface area (Å²) in [7, 11) is 0. The summed E-state index contributed by atoms with van der Waals surface area (Å²) in [5, 5.41) is 4.84. The van der Waals surface area contributed by atoms with Gasteiger partial charge in [-0.05, 0) is 36.1 Å². The molecule has 2 aromatic rings. The Balaban J connectivity index is 2.03. The molecular formula is C12H12N2OS. The summed E-state index contributed by atoms with van der Waals surface area (Å²) in [5.74, 6) is -0.0284. The largest absolute Gasteiger partial charge is 0.345 e. The van der Waals surface area contributed by atoms with Gasteiger partial charge in [0.05, 0.1) is 10.9 Å². The van der Waals surface area contributed by atoms with Crippen molar-refractivity contribution in [2.75, 3.05) is 0 Å². The minimum Gasteiger partial charge on any atom is -0.345 e. The van der Waals surface area contributed by atoms with Crippen molar-refractivity contribution in [2.45, 2.75) is 13.0 Å². The fraction of sp³-hybridized carbons (Fsp3) is 0.167. The maximum atomic E-state index is 11.8. The average Bonchev–Trinajstić information content (AvgIpc) is 2.83. The van der Waals surface area contributed by atoms with Gasteiger partial charge in [0.15, 0.2) is 0 Å². The lowest BCUT2D eigenvalue weighted by atomic mass is 10.1. The number of aromatic nitrogens is 1. The van der Waals surface area contributed by atoms with Crippen molar-refractivity contribution in [2.24, 2.45) is 0 Å². The van der Waals surface area contributed by atoms with Crippen LogP contribution in [-0.2, 0) is 0 Å². The van der Waals surface area contributed by atoms with E-state index in [0.717, 1.165) is 10.4 Å². The number of hydrogen-bond donors (Lipinski definition) is 1. The molecule has 16 heavy (non-hydrogen) atoms. The molecule has 82 valence electrons. The number of hydrogen-bond acceptors (Lipinski definition) is 3. The van der Waals surface area contributed by atoms with E-state index >= 15 is 0 Å². The number of nitrogens with one attached hydrogen (secondary N) is 1. The molecule has 1 N–H and O–H groups in total. The summed E-state index contributed by atoms with van der Waals surface area (Å²) in [4.78, 5) is 16.5. The third-order valence-corrected chi connectivity index (χ3v) is 3.17. The summed E-state index contributed by atoms with van der Waals surface area (Å²) < 4.78 is 0. The highest BCUT2D eigenvalue weighted by Crippen LogP contribution is 2.13. The molecule has 2 rings (SSSR count). The first-order valence-electron chi connectivity index (χ1n) is 5.01. The standard InChI is InChI=1S/C12H12N2OS/c1-9(10-4-6-13-7-5-10)14-12(15)11-3-2-8-16-11/h2-9H,1H3,(H,14,15)/t9-/m0/s1. The fourth-order valence-corrected chi connectivity index (χ4v) is 2.04. The Labute approximate surface area is 98.2 Å². The summed E-state index contributed by atoms with van der Waals surface area (Å²) in [6, 6.07) is 7.49. The van der Waals surface area contributed by atoms with Crippen molar-refractivity contribution >= 4 is 17.2 Å². The van der Waals surface area contributed by atoms with Gasteiger partial charge in [0.2, 0.25) is 0 Å². The second-order valence-corrected chi connectivity index (χ2v) is 4.40. The molecule has 2 aromatic heterocycles. The number of thiophene rings is 1. The first kappa shape index (κ1) is 10.8. The molecule has 0 saturated heterocycles. The molecule has 0 saturated carbocycles. The lowest BCUT2D eigenvalue weighted by molar-refractivity contribution is 0.0944. The van der Waals surface area contributed by atoms with Gasteiger partial charge in [0.25, 0.3) is 5.91 Å². The van der Waals surface area contributed by atoms with Gasteiger partial charge in [-0.25, -0.2) is 0 Å². The second kappa shape index (κ2) is 4.90. The molecule has 0 bridgehead atoms. The number of pyridine rings is 1. The van der Waals surface area contributed by atoms with Crippen LogP contribution in [0.1, 0.15) is 28.2 Å². The molecule has 2 heterocycles. The molecule has 0 spiro atoms. The minimum absolute atomic E-state index is 0.00222. The fourth-order valence-electron chi connectivity index (χ4n) is 1.41. The highest BCUT2D eigenvalue weighted by Gasteiger charge is 2.11. The molecule has 4 heteroatoms. The highest BCUT2D eigenvalue weighted by atomic mass is 32.1. The second-order valence-electron chi connectivity index (χ2n) is 3.45. The van der Waals surface area contributed by atoms with E-state index in [0.29, 0.717) is 0 Å². The normalized spacial score (nSPS) is 12.1. The maximum Gasteiger partial charge on any atom is 0.261 e. The molecule has 1 atom stereocenters. The van der Waals surface area contributed by atoms with E-state index in [4.69, 9.17) is 0 Å². The summed E-state index contributed by atoms with van der Waals surface area (Å²) in [6.45, 7) is 1.96. The number of nitrogens with zero attached hydrogens (tertiary/aromatic N) is 1. The van der Waals surface area contributed by atoms with Crippen LogP contribution in [0, 0.1) is 0 Å². The number of carbonyl (C=O) groups is 1. The van der Waals surface area contributed by atoms with E-state index in [1.54, 1.807) is 12.4 Å². The minimum atomic E-state index is -0.0284. The SMILES string of the molecule is C[C@H](NC(=O)c1cccs1)c1ccncc1. The lowest BCUT2D eigenvalue weighted by Gasteiger charge is -2.13. The third-order valence-electron chi connectivity index (χ3n) is 2.30. The molecule has 0 fully saturated rings. The Kier molecular flexibility index (Phi) is 3.31. The van der Waals surface area contributed by atoms with Gasteiger partial charge >= 0.3 is 0 Å². The maximum absolute atomic E-state index is 11.8. The molecule has 0 aliphatic carbocycles. The molecular weight excluding hydrogens is 220 g/mol. The van der Waals surface area contributed by atoms with Crippen LogP contribution in [0.3, 0.4) is 0 Å². The number of carbonyl (C=O) groups excluding carboxylic acids is 1. The van der Waals surface area contributed by atoms with Gasteiger partial charge in [-0.15, -0.1) is 11.3 Å². The van der Waals surface area contributed by atoms with Crippen LogP contribution in [-0.4, -0.2) is 10.9 Å². The Morgan fingerprint density at radius 1 is 1.38 bits per heavy atom. The van der Waals surface area contributed by atoms with E-state index < -0.39 is 0 Å². The molecule has 3 nitrogen and oxygen atoms in total. The van der Waals surface area contributed by atoms with Crippen LogP contribution < -0.4 is 5.32 Å². The Morgan fingerprint density at radius 2 is 2.12 bits per heavy atom. The predicted octanol–water partition coefficient (Wildman–Crippen LogP) is 2.63. The smallest absolute Gasteiger partial charge is 0.261 e. The molecule has 0 aliphatic heterocycles. The van der Waals surface area contributed by atoms with E-state index in [1.165, 1.54) is 11.3 Å². The Morgan fingerprint density at radius 3 is 2.75 bits per heavy atom. The van der Waals surface area contributed by atoms with Crippen molar-refractivity contribution in [1.82, 2.24) is 10.3 Å². The van der Waals surface area contributed by atoms with Crippen LogP contribution in [0.2, 0.25) is 0 Å². The molecule has 0 unspecified atom stereocenters. The van der Waals surface area contributed by atoms with E-state index in [-0.39, 0.29) is 11.9 Å². The van der Waals surface area contributed by atoms with Crippen LogP contribution in [0.15, 0.2) is 42.0 Å². The average molecular weight is 232 g/mol. The first-order chi connectivity index (χ1) is 7.77. The number of rotatable bonds is 3.